The molecule has 2 unspecified atom stereocenters. The lowest BCUT2D eigenvalue weighted by atomic mass is 9.92. The molecule has 4 heteroatoms. The fourth-order valence-corrected chi connectivity index (χ4v) is 2.19. The van der Waals surface area contributed by atoms with Gasteiger partial charge < -0.3 is 10.2 Å². The minimum absolute atomic E-state index is 0.298. The van der Waals surface area contributed by atoms with E-state index in [2.05, 4.69) is 6.07 Å². The Balaban J connectivity index is 3.10. The summed E-state index contributed by atoms with van der Waals surface area (Å²) in [5.74, 6) is 0.298. The van der Waals surface area contributed by atoms with Crippen molar-refractivity contribution in [2.75, 3.05) is 5.88 Å². The van der Waals surface area contributed by atoms with E-state index in [1.54, 1.807) is 12.1 Å². The maximum Gasteiger partial charge on any atom is 0.105 e. The van der Waals surface area contributed by atoms with Crippen LogP contribution in [0.25, 0.3) is 0 Å². The van der Waals surface area contributed by atoms with E-state index in [0.29, 0.717) is 23.4 Å². The number of hydrogen-bond donors (Lipinski definition) is 2. The fraction of sp³-hybridized carbons (Fsp3) is 0.462. The zero-order valence-electron chi connectivity index (χ0n) is 9.94. The molecule has 92 valence electrons. The van der Waals surface area contributed by atoms with Gasteiger partial charge in [-0.25, -0.2) is 0 Å². The van der Waals surface area contributed by atoms with E-state index in [-0.39, 0.29) is 0 Å². The number of aliphatic hydroxyl groups excluding tert-OH is 2. The van der Waals surface area contributed by atoms with Gasteiger partial charge in [0.2, 0.25) is 0 Å². The highest BCUT2D eigenvalue weighted by Crippen LogP contribution is 2.27. The molecule has 0 saturated carbocycles. The summed E-state index contributed by atoms with van der Waals surface area (Å²) in [6.07, 6.45) is -1.50. The lowest BCUT2D eigenvalue weighted by molar-refractivity contribution is 0.0162. The molecule has 0 amide bonds. The Labute approximate surface area is 106 Å². The number of nitriles is 1. The molecule has 0 aliphatic rings. The van der Waals surface area contributed by atoms with Crippen molar-refractivity contribution in [2.45, 2.75) is 32.5 Å². The van der Waals surface area contributed by atoms with Gasteiger partial charge in [-0.3, -0.25) is 0 Å². The third-order valence-electron chi connectivity index (χ3n) is 2.79. The Morgan fingerprint density at radius 1 is 1.29 bits per heavy atom. The summed E-state index contributed by atoms with van der Waals surface area (Å²) in [4.78, 5) is 0. The van der Waals surface area contributed by atoms with Crippen molar-refractivity contribution < 1.29 is 10.2 Å². The number of nitrogens with zero attached hydrogens (tertiary/aromatic N) is 1. The first-order valence-corrected chi connectivity index (χ1v) is 5.98. The first kappa shape index (κ1) is 14.0. The average molecular weight is 254 g/mol. The standard InChI is InChI=1S/C13H16ClNO2/c1-8-5-10(7-15)6-9(2)12(8)13(17)11(16)3-4-14/h5-6,11,13,16-17H,3-4H2,1-2H3. The first-order chi connectivity index (χ1) is 8.01. The van der Waals surface area contributed by atoms with E-state index in [1.165, 1.54) is 0 Å². The zero-order chi connectivity index (χ0) is 13.0. The van der Waals surface area contributed by atoms with Crippen LogP contribution >= 0.6 is 11.6 Å². The molecule has 1 aromatic rings. The number of benzene rings is 1. The van der Waals surface area contributed by atoms with Crippen LogP contribution in [0.5, 0.6) is 0 Å². The normalized spacial score (nSPS) is 14.1. The van der Waals surface area contributed by atoms with E-state index < -0.39 is 12.2 Å². The van der Waals surface area contributed by atoms with Crippen molar-refractivity contribution in [3.05, 3.63) is 34.4 Å². The minimum Gasteiger partial charge on any atom is -0.390 e. The Kier molecular flexibility index (Phi) is 4.95. The average Bonchev–Trinajstić information content (AvgIpc) is 2.28. The maximum atomic E-state index is 10.1. The summed E-state index contributed by atoms with van der Waals surface area (Å²) in [6.45, 7) is 3.64. The molecule has 1 aromatic carbocycles. The van der Waals surface area contributed by atoms with E-state index >= 15 is 0 Å². The second-order valence-corrected chi connectivity index (χ2v) is 4.50. The molecule has 1 rings (SSSR count). The molecule has 2 atom stereocenters. The van der Waals surface area contributed by atoms with Crippen molar-refractivity contribution in [1.82, 2.24) is 0 Å². The molecular formula is C13H16ClNO2. The molecule has 0 spiro atoms. The van der Waals surface area contributed by atoms with Gasteiger partial charge in [0.1, 0.15) is 6.10 Å². The van der Waals surface area contributed by atoms with Gasteiger partial charge >= 0.3 is 0 Å². The van der Waals surface area contributed by atoms with Crippen molar-refractivity contribution in [3.8, 4) is 6.07 Å². The molecule has 0 fully saturated rings. The lowest BCUT2D eigenvalue weighted by Gasteiger charge is -2.21. The number of rotatable bonds is 4. The minimum atomic E-state index is -0.957. The summed E-state index contributed by atoms with van der Waals surface area (Å²) in [6, 6.07) is 5.48. The molecule has 0 radical (unpaired) electrons. The number of aliphatic hydroxyl groups is 2. The summed E-state index contributed by atoms with van der Waals surface area (Å²) >= 11 is 5.54. The van der Waals surface area contributed by atoms with Gasteiger partial charge in [0, 0.05) is 5.88 Å². The summed E-state index contributed by atoms with van der Waals surface area (Å²) in [5, 5.41) is 28.6. The van der Waals surface area contributed by atoms with Crippen molar-refractivity contribution in [1.29, 1.82) is 5.26 Å². The van der Waals surface area contributed by atoms with E-state index in [0.717, 1.165) is 11.1 Å². The Bertz CT molecular complexity index is 417. The predicted octanol–water partition coefficient (Wildman–Crippen LogP) is 2.20. The maximum absolute atomic E-state index is 10.1. The SMILES string of the molecule is Cc1cc(C#N)cc(C)c1C(O)C(O)CCCl. The van der Waals surface area contributed by atoms with Crippen LogP contribution in [-0.4, -0.2) is 22.2 Å². The van der Waals surface area contributed by atoms with Crippen LogP contribution < -0.4 is 0 Å². The lowest BCUT2D eigenvalue weighted by Crippen LogP contribution is -2.20. The number of alkyl halides is 1. The Hall–Kier alpha value is -1.08. The quantitative estimate of drug-likeness (QED) is 0.809. The highest BCUT2D eigenvalue weighted by atomic mass is 35.5. The Morgan fingerprint density at radius 3 is 2.24 bits per heavy atom. The van der Waals surface area contributed by atoms with Gasteiger partial charge in [0.15, 0.2) is 0 Å². The summed E-state index contributed by atoms with van der Waals surface area (Å²) < 4.78 is 0. The van der Waals surface area contributed by atoms with Gasteiger partial charge in [-0.15, -0.1) is 11.6 Å². The zero-order valence-corrected chi connectivity index (χ0v) is 10.7. The van der Waals surface area contributed by atoms with Gasteiger partial charge in [-0.05, 0) is 49.1 Å². The second kappa shape index (κ2) is 6.02. The van der Waals surface area contributed by atoms with E-state index in [4.69, 9.17) is 16.9 Å². The largest absolute Gasteiger partial charge is 0.390 e. The third kappa shape index (κ3) is 3.19. The van der Waals surface area contributed by atoms with Crippen molar-refractivity contribution in [3.63, 3.8) is 0 Å². The van der Waals surface area contributed by atoms with Gasteiger partial charge in [-0.2, -0.15) is 5.26 Å². The molecule has 0 saturated heterocycles. The fourth-order valence-electron chi connectivity index (χ4n) is 1.97. The molecular weight excluding hydrogens is 238 g/mol. The van der Waals surface area contributed by atoms with Crippen LogP contribution in [0.3, 0.4) is 0 Å². The summed E-state index contributed by atoms with van der Waals surface area (Å²) in [7, 11) is 0. The first-order valence-electron chi connectivity index (χ1n) is 5.44. The monoisotopic (exact) mass is 253 g/mol. The molecule has 0 aliphatic heterocycles. The smallest absolute Gasteiger partial charge is 0.105 e. The van der Waals surface area contributed by atoms with Gasteiger partial charge in [0.05, 0.1) is 17.7 Å². The molecule has 0 aliphatic carbocycles. The van der Waals surface area contributed by atoms with Crippen LogP contribution in [0, 0.1) is 25.2 Å². The predicted molar refractivity (Wildman–Crippen MR) is 66.9 cm³/mol. The molecule has 2 N–H and O–H groups in total. The molecule has 3 nitrogen and oxygen atoms in total. The van der Waals surface area contributed by atoms with E-state index in [9.17, 15) is 10.2 Å². The number of halogens is 1. The van der Waals surface area contributed by atoms with Crippen LogP contribution in [-0.2, 0) is 0 Å². The van der Waals surface area contributed by atoms with Crippen LogP contribution in [0.15, 0.2) is 12.1 Å². The highest BCUT2D eigenvalue weighted by Gasteiger charge is 2.21. The molecule has 0 aromatic heterocycles. The molecule has 0 heterocycles. The number of aryl methyl sites for hydroxylation is 2. The Morgan fingerprint density at radius 2 is 1.82 bits per heavy atom. The van der Waals surface area contributed by atoms with Crippen molar-refractivity contribution in [2.24, 2.45) is 0 Å². The highest BCUT2D eigenvalue weighted by molar-refractivity contribution is 6.17. The second-order valence-electron chi connectivity index (χ2n) is 4.13. The number of hydrogen-bond acceptors (Lipinski definition) is 3. The molecule has 17 heavy (non-hydrogen) atoms. The van der Waals surface area contributed by atoms with Crippen molar-refractivity contribution >= 4 is 11.6 Å². The van der Waals surface area contributed by atoms with Crippen LogP contribution in [0.1, 0.15) is 34.8 Å². The van der Waals surface area contributed by atoms with Crippen LogP contribution in [0.2, 0.25) is 0 Å². The summed E-state index contributed by atoms with van der Waals surface area (Å²) in [5.41, 5.74) is 2.86. The van der Waals surface area contributed by atoms with Gasteiger partial charge in [0.25, 0.3) is 0 Å². The van der Waals surface area contributed by atoms with Gasteiger partial charge in [-0.1, -0.05) is 0 Å². The topological polar surface area (TPSA) is 64.2 Å². The van der Waals surface area contributed by atoms with E-state index in [1.807, 2.05) is 13.8 Å². The molecule has 0 bridgehead atoms. The van der Waals surface area contributed by atoms with Crippen LogP contribution in [0.4, 0.5) is 0 Å². The third-order valence-corrected chi connectivity index (χ3v) is 3.01.